The van der Waals surface area contributed by atoms with Crippen LogP contribution in [-0.2, 0) is 64.0 Å². The fourth-order valence-electron chi connectivity index (χ4n) is 3.53. The molecule has 0 aliphatic carbocycles. The third-order valence-electron chi connectivity index (χ3n) is 4.90. The smallest absolute Gasteiger partial charge is 0.463 e. The summed E-state index contributed by atoms with van der Waals surface area (Å²) in [6.45, 7) is 3.97. The van der Waals surface area contributed by atoms with E-state index in [1.54, 1.807) is 12.1 Å². The molecular weight excluding hydrogens is 562 g/mol. The third-order valence-corrected chi connectivity index (χ3v) is 6.33. The van der Waals surface area contributed by atoms with E-state index in [0.717, 1.165) is 45.0 Å². The number of aryl methyl sites for hydroxylation is 1. The molecule has 0 saturated carbocycles. The van der Waals surface area contributed by atoms with E-state index in [4.69, 9.17) is 28.2 Å². The Morgan fingerprint density at radius 1 is 0.897 bits per heavy atom. The highest BCUT2D eigenvalue weighted by atomic mass is 32.3. The molecule has 14 nitrogen and oxygen atoms in total. The molecule has 1 aromatic rings. The fourth-order valence-corrected chi connectivity index (χ4v) is 4.87. The number of rotatable bonds is 11. The highest BCUT2D eigenvalue weighted by Crippen LogP contribution is 2.35. The maximum Gasteiger partial charge on any atom is 0.466 e. The number of esters is 4. The van der Waals surface area contributed by atoms with Crippen LogP contribution in [-0.4, -0.2) is 78.4 Å². The molecule has 0 aromatic heterocycles. The summed E-state index contributed by atoms with van der Waals surface area (Å²) in [5, 5.41) is 3.50. The molecule has 1 heterocycles. The van der Waals surface area contributed by atoms with Gasteiger partial charge in [-0.3, -0.25) is 23.7 Å². The van der Waals surface area contributed by atoms with Crippen LogP contribution in [0.15, 0.2) is 35.5 Å². The molecule has 216 valence electrons. The van der Waals surface area contributed by atoms with Crippen LogP contribution in [0.1, 0.15) is 39.7 Å². The number of thioether (sulfide) groups is 1. The number of carbonyl (C=O) groups is 4. The van der Waals surface area contributed by atoms with Gasteiger partial charge in [0.05, 0.1) is 0 Å². The molecule has 5 unspecified atom stereocenters. The van der Waals surface area contributed by atoms with Gasteiger partial charge >= 0.3 is 34.3 Å². The number of ether oxygens (including phenoxy) is 5. The van der Waals surface area contributed by atoms with Gasteiger partial charge in [-0.2, -0.15) is 8.42 Å². The summed E-state index contributed by atoms with van der Waals surface area (Å²) in [5.74, 6) is -3.07. The zero-order valence-electron chi connectivity index (χ0n) is 21.5. The quantitative estimate of drug-likeness (QED) is 0.0974. The predicted molar refractivity (Wildman–Crippen MR) is 134 cm³/mol. The van der Waals surface area contributed by atoms with Gasteiger partial charge in [-0.1, -0.05) is 47.2 Å². The Bertz CT molecular complexity index is 1160. The molecular formula is C23H29NO13S2. The molecule has 0 bridgehead atoms. The van der Waals surface area contributed by atoms with E-state index in [9.17, 15) is 27.6 Å². The number of oxime groups is 1. The number of nitrogens with zero attached hydrogens (tertiary/aromatic N) is 1. The molecule has 39 heavy (non-hydrogen) atoms. The summed E-state index contributed by atoms with van der Waals surface area (Å²) in [6.07, 6.45) is -4.94. The molecule has 0 radical (unpaired) electrons. The average molecular weight is 592 g/mol. The molecule has 0 spiro atoms. The van der Waals surface area contributed by atoms with Gasteiger partial charge in [0.2, 0.25) is 0 Å². The molecule has 0 amide bonds. The van der Waals surface area contributed by atoms with Crippen molar-refractivity contribution >= 4 is 51.1 Å². The Morgan fingerprint density at radius 2 is 1.46 bits per heavy atom. The second kappa shape index (κ2) is 14.8. The van der Waals surface area contributed by atoms with Crippen molar-refractivity contribution in [2.45, 2.75) is 70.4 Å². The summed E-state index contributed by atoms with van der Waals surface area (Å²) < 4.78 is 62.7. The number of hydrogen-bond acceptors (Lipinski definition) is 14. The molecule has 5 atom stereocenters. The number of benzene rings is 1. The van der Waals surface area contributed by atoms with Crippen molar-refractivity contribution in [1.82, 2.24) is 0 Å². The van der Waals surface area contributed by atoms with E-state index in [-0.39, 0.29) is 11.5 Å². The minimum atomic E-state index is -4.96. The van der Waals surface area contributed by atoms with E-state index in [2.05, 4.69) is 9.44 Å². The lowest BCUT2D eigenvalue weighted by Gasteiger charge is -2.44. The predicted octanol–water partition coefficient (Wildman–Crippen LogP) is 1.57. The van der Waals surface area contributed by atoms with Crippen LogP contribution in [0.25, 0.3) is 0 Å². The number of hydrogen-bond donors (Lipinski definition) is 1. The lowest BCUT2D eigenvalue weighted by Crippen LogP contribution is -2.61. The largest absolute Gasteiger partial charge is 0.466 e. The number of carbonyl (C=O) groups excluding carboxylic acids is 4. The van der Waals surface area contributed by atoms with Crippen LogP contribution in [0.4, 0.5) is 0 Å². The maximum absolute atomic E-state index is 12.0. The van der Waals surface area contributed by atoms with Crippen LogP contribution >= 0.6 is 11.8 Å². The van der Waals surface area contributed by atoms with Gasteiger partial charge in [0.15, 0.2) is 18.3 Å². The Labute approximate surface area is 229 Å². The first kappa shape index (κ1) is 32.0. The van der Waals surface area contributed by atoms with Crippen LogP contribution < -0.4 is 0 Å². The van der Waals surface area contributed by atoms with E-state index in [1.165, 1.54) is 0 Å². The second-order valence-electron chi connectivity index (χ2n) is 8.16. The molecule has 1 aromatic carbocycles. The normalized spacial score (nSPS) is 23.3. The highest BCUT2D eigenvalue weighted by Gasteiger charge is 2.52. The first-order valence-electron chi connectivity index (χ1n) is 11.5. The highest BCUT2D eigenvalue weighted by molar-refractivity contribution is 8.14. The van der Waals surface area contributed by atoms with Gasteiger partial charge in [-0.05, 0) is 12.0 Å². The summed E-state index contributed by atoms with van der Waals surface area (Å²) in [5.41, 5.74) is -0.399. The Balaban J connectivity index is 2.48. The lowest BCUT2D eigenvalue weighted by atomic mass is 9.99. The molecule has 1 aliphatic heterocycles. The fraction of sp³-hybridized carbons (Fsp3) is 0.522. The Morgan fingerprint density at radius 3 is 2.00 bits per heavy atom. The van der Waals surface area contributed by atoms with E-state index < -0.39 is 70.7 Å². The monoisotopic (exact) mass is 591 g/mol. The third kappa shape index (κ3) is 11.6. The molecule has 1 aliphatic rings. The molecule has 2 rings (SSSR count). The summed E-state index contributed by atoms with van der Waals surface area (Å²) in [7, 11) is -4.96. The SMILES string of the molecule is CC(=O)OCC1OC(SC(CCc2ccccc2)=NOS(=O)(=O)O)C(OC(C)=O)C(OC(C)=O)C1OC(C)=O. The minimum absolute atomic E-state index is 0.0163. The Hall–Kier alpha value is -3.21. The van der Waals surface area contributed by atoms with E-state index in [1.807, 2.05) is 18.2 Å². The second-order valence-corrected chi connectivity index (χ2v) is 10.3. The van der Waals surface area contributed by atoms with Crippen molar-refractivity contribution in [1.29, 1.82) is 0 Å². The van der Waals surface area contributed by atoms with Gasteiger partial charge < -0.3 is 23.7 Å². The Kier molecular flexibility index (Phi) is 12.2. The van der Waals surface area contributed by atoms with Crippen molar-refractivity contribution in [2.75, 3.05) is 6.61 Å². The van der Waals surface area contributed by atoms with Crippen LogP contribution in [0.3, 0.4) is 0 Å². The van der Waals surface area contributed by atoms with Crippen LogP contribution in [0, 0.1) is 0 Å². The van der Waals surface area contributed by atoms with Gasteiger partial charge in [0.1, 0.15) is 23.2 Å². The van der Waals surface area contributed by atoms with E-state index >= 15 is 0 Å². The average Bonchev–Trinajstić information content (AvgIpc) is 2.82. The van der Waals surface area contributed by atoms with Gasteiger partial charge in [-0.25, -0.2) is 4.28 Å². The van der Waals surface area contributed by atoms with Crippen molar-refractivity contribution in [3.05, 3.63) is 35.9 Å². The molecule has 16 heteroatoms. The van der Waals surface area contributed by atoms with Crippen molar-refractivity contribution in [3.63, 3.8) is 0 Å². The first-order chi connectivity index (χ1) is 18.2. The zero-order chi connectivity index (χ0) is 29.2. The van der Waals surface area contributed by atoms with Crippen LogP contribution in [0.5, 0.6) is 0 Å². The maximum atomic E-state index is 12.0. The minimum Gasteiger partial charge on any atom is -0.463 e. The van der Waals surface area contributed by atoms with Crippen molar-refractivity contribution < 1.29 is 60.1 Å². The summed E-state index contributed by atoms with van der Waals surface area (Å²) in [4.78, 5) is 47.3. The van der Waals surface area contributed by atoms with Crippen molar-refractivity contribution in [3.8, 4) is 0 Å². The zero-order valence-corrected chi connectivity index (χ0v) is 23.1. The van der Waals surface area contributed by atoms with E-state index in [0.29, 0.717) is 6.42 Å². The van der Waals surface area contributed by atoms with Gasteiger partial charge in [0, 0.05) is 34.1 Å². The topological polar surface area (TPSA) is 190 Å². The van der Waals surface area contributed by atoms with Gasteiger partial charge in [0.25, 0.3) is 0 Å². The molecule has 1 saturated heterocycles. The first-order valence-corrected chi connectivity index (χ1v) is 13.7. The summed E-state index contributed by atoms with van der Waals surface area (Å²) in [6, 6.07) is 9.05. The standard InChI is InChI=1S/C23H29NO13S2/c1-13(25)32-12-18-20(33-14(2)26)21(34-15(3)27)22(35-16(4)28)23(36-18)38-19(24-37-39(29,30)31)11-10-17-8-6-5-7-9-17/h5-9,18,20-23H,10-12H2,1-4H3,(H,29,30,31). The van der Waals surface area contributed by atoms with Gasteiger partial charge in [-0.15, -0.1) is 0 Å². The molecule has 1 fully saturated rings. The van der Waals surface area contributed by atoms with Crippen molar-refractivity contribution in [2.24, 2.45) is 5.16 Å². The lowest BCUT2D eigenvalue weighted by molar-refractivity contribution is -0.237. The summed E-state index contributed by atoms with van der Waals surface area (Å²) >= 11 is 0.743. The van der Waals surface area contributed by atoms with Crippen LogP contribution in [0.2, 0.25) is 0 Å². The molecule has 1 N–H and O–H groups in total.